The molecule has 2 heterocycles. The van der Waals surface area contributed by atoms with Crippen molar-refractivity contribution in [3.05, 3.63) is 66.0 Å². The number of aliphatic hydroxyl groups excluding tert-OH is 1. The van der Waals surface area contributed by atoms with Gasteiger partial charge in [0.05, 0.1) is 11.3 Å². The number of fused-ring (bicyclic) bond motifs is 1. The molecular formula is C31H31NO12. The van der Waals surface area contributed by atoms with Crippen molar-refractivity contribution < 1.29 is 57.8 Å². The second kappa shape index (κ2) is 13.9. The number of aliphatic hydroxyl groups is 1. The summed E-state index contributed by atoms with van der Waals surface area (Å²) in [6.45, 7) is 4.05. The van der Waals surface area contributed by atoms with E-state index in [1.54, 1.807) is 12.3 Å². The summed E-state index contributed by atoms with van der Waals surface area (Å²) in [5.74, 6) is -3.65. The molecule has 232 valence electrons. The van der Waals surface area contributed by atoms with Gasteiger partial charge in [0.25, 0.3) is 0 Å². The summed E-state index contributed by atoms with van der Waals surface area (Å²) in [6.07, 6.45) is -3.87. The van der Waals surface area contributed by atoms with Crippen LogP contribution < -0.4 is 4.74 Å². The van der Waals surface area contributed by atoms with Crippen LogP contribution in [-0.2, 0) is 42.9 Å². The third-order valence-electron chi connectivity index (χ3n) is 6.38. The molecule has 44 heavy (non-hydrogen) atoms. The highest BCUT2D eigenvalue weighted by molar-refractivity contribution is 5.86. The van der Waals surface area contributed by atoms with Gasteiger partial charge in [-0.2, -0.15) is 0 Å². The van der Waals surface area contributed by atoms with Crippen molar-refractivity contribution in [3.63, 3.8) is 0 Å². The summed E-state index contributed by atoms with van der Waals surface area (Å²) >= 11 is 0. The molecular weight excluding hydrogens is 578 g/mol. The van der Waals surface area contributed by atoms with Crippen molar-refractivity contribution in [3.8, 4) is 11.5 Å². The molecule has 0 unspecified atom stereocenters. The van der Waals surface area contributed by atoms with Gasteiger partial charge in [0, 0.05) is 51.4 Å². The Morgan fingerprint density at radius 3 is 2.11 bits per heavy atom. The number of carbonyl (C=O) groups is 4. The van der Waals surface area contributed by atoms with Gasteiger partial charge in [-0.05, 0) is 23.6 Å². The zero-order chi connectivity index (χ0) is 32.0. The van der Waals surface area contributed by atoms with Gasteiger partial charge < -0.3 is 38.6 Å². The highest BCUT2D eigenvalue weighted by atomic mass is 16.7. The van der Waals surface area contributed by atoms with Crippen LogP contribution in [0.25, 0.3) is 22.6 Å². The first kappa shape index (κ1) is 31.8. The molecule has 0 radical (unpaired) electrons. The molecule has 0 bridgehead atoms. The number of pyridine rings is 1. The molecule has 0 amide bonds. The fourth-order valence-electron chi connectivity index (χ4n) is 4.62. The van der Waals surface area contributed by atoms with Gasteiger partial charge in [-0.15, -0.1) is 0 Å². The van der Waals surface area contributed by atoms with Crippen molar-refractivity contribution in [1.82, 2.24) is 4.98 Å². The maximum absolute atomic E-state index is 12.0. The SMILES string of the molecule is CC(=O)OC[C@@H]1O[C@@H](Oc2ccc(/C(O)=C/c3cc4ccccc4cn3)c(O)c2)[C@@H](OC(C)=O)[C@H](OC(C)=O)[C@H]1OC(C)=O. The summed E-state index contributed by atoms with van der Waals surface area (Å²) in [7, 11) is 0. The number of esters is 4. The molecule has 13 nitrogen and oxygen atoms in total. The Kier molecular flexibility index (Phi) is 10.0. The zero-order valence-corrected chi connectivity index (χ0v) is 24.3. The van der Waals surface area contributed by atoms with Gasteiger partial charge in [-0.1, -0.05) is 24.3 Å². The smallest absolute Gasteiger partial charge is 0.303 e. The standard InChI is InChI=1S/C31H31NO12/c1-16(33)39-15-27-28(40-17(2)34)29(41-18(3)35)30(42-19(4)36)31(44-27)43-23-9-10-24(26(38)13-23)25(37)12-22-11-20-7-5-6-8-21(20)14-32-22/h5-14,27-31,37-38H,15H2,1-4H3/b25-12-/t27-,28-,29+,30-,31+/m0/s1. The fourth-order valence-corrected chi connectivity index (χ4v) is 4.62. The number of phenolic OH excluding ortho intramolecular Hbond substituents is 1. The van der Waals surface area contributed by atoms with Crippen molar-refractivity contribution in [2.24, 2.45) is 0 Å². The van der Waals surface area contributed by atoms with E-state index in [0.29, 0.717) is 5.69 Å². The monoisotopic (exact) mass is 609 g/mol. The molecule has 1 fully saturated rings. The Balaban J connectivity index is 1.63. The quantitative estimate of drug-likeness (QED) is 0.205. The largest absolute Gasteiger partial charge is 0.507 e. The highest BCUT2D eigenvalue weighted by Crippen LogP contribution is 2.34. The predicted molar refractivity (Wildman–Crippen MR) is 153 cm³/mol. The van der Waals surface area contributed by atoms with E-state index in [1.165, 1.54) is 24.3 Å². The van der Waals surface area contributed by atoms with E-state index in [4.69, 9.17) is 28.4 Å². The van der Waals surface area contributed by atoms with Crippen LogP contribution in [0.1, 0.15) is 39.0 Å². The first-order valence-electron chi connectivity index (χ1n) is 13.5. The highest BCUT2D eigenvalue weighted by Gasteiger charge is 2.53. The van der Waals surface area contributed by atoms with E-state index in [2.05, 4.69) is 4.98 Å². The Bertz CT molecular complexity index is 1580. The number of hydrogen-bond acceptors (Lipinski definition) is 13. The van der Waals surface area contributed by atoms with Crippen molar-refractivity contribution in [2.75, 3.05) is 6.61 Å². The van der Waals surface area contributed by atoms with Gasteiger partial charge >= 0.3 is 23.9 Å². The van der Waals surface area contributed by atoms with Crippen LogP contribution in [-0.4, -0.2) is 76.4 Å². The third-order valence-corrected chi connectivity index (χ3v) is 6.38. The molecule has 1 saturated heterocycles. The number of carbonyl (C=O) groups excluding carboxylic acids is 4. The summed E-state index contributed by atoms with van der Waals surface area (Å²) in [5, 5.41) is 23.3. The van der Waals surface area contributed by atoms with Crippen LogP contribution in [0.15, 0.2) is 54.7 Å². The molecule has 1 aliphatic heterocycles. The summed E-state index contributed by atoms with van der Waals surface area (Å²) in [4.78, 5) is 51.8. The fraction of sp³-hybridized carbons (Fsp3) is 0.323. The molecule has 4 rings (SSSR count). The first-order chi connectivity index (χ1) is 20.9. The molecule has 1 aliphatic rings. The molecule has 0 saturated carbocycles. The van der Waals surface area contributed by atoms with E-state index in [-0.39, 0.29) is 22.8 Å². The Hall–Kier alpha value is -5.17. The number of rotatable bonds is 9. The lowest BCUT2D eigenvalue weighted by Crippen LogP contribution is -2.63. The first-order valence-corrected chi connectivity index (χ1v) is 13.5. The van der Waals surface area contributed by atoms with Crippen molar-refractivity contribution in [2.45, 2.75) is 58.4 Å². The van der Waals surface area contributed by atoms with E-state index in [9.17, 15) is 29.4 Å². The van der Waals surface area contributed by atoms with Gasteiger partial charge in [-0.25, -0.2) is 0 Å². The summed E-state index contributed by atoms with van der Waals surface area (Å²) in [5.41, 5.74) is 0.521. The number of aromatic nitrogens is 1. The number of hydrogen-bond donors (Lipinski definition) is 2. The lowest BCUT2D eigenvalue weighted by Gasteiger charge is -2.43. The average Bonchev–Trinajstić information content (AvgIpc) is 2.94. The van der Waals surface area contributed by atoms with Crippen LogP contribution in [0.5, 0.6) is 11.5 Å². The second-order valence-electron chi connectivity index (χ2n) is 9.85. The van der Waals surface area contributed by atoms with Gasteiger partial charge in [-0.3, -0.25) is 24.2 Å². The maximum atomic E-state index is 12.0. The van der Waals surface area contributed by atoms with Crippen LogP contribution in [0.4, 0.5) is 0 Å². The number of nitrogens with zero attached hydrogens (tertiary/aromatic N) is 1. The number of benzene rings is 2. The second-order valence-corrected chi connectivity index (χ2v) is 9.85. The number of ether oxygens (including phenoxy) is 6. The Labute approximate surface area is 251 Å². The van der Waals surface area contributed by atoms with Gasteiger partial charge in [0.15, 0.2) is 12.2 Å². The van der Waals surface area contributed by atoms with Crippen LogP contribution in [0.2, 0.25) is 0 Å². The topological polar surface area (TPSA) is 177 Å². The molecule has 0 spiro atoms. The molecule has 2 aromatic carbocycles. The minimum atomic E-state index is -1.49. The summed E-state index contributed by atoms with van der Waals surface area (Å²) in [6, 6.07) is 13.3. The molecule has 2 N–H and O–H groups in total. The molecule has 13 heteroatoms. The number of phenols is 1. The van der Waals surface area contributed by atoms with E-state index >= 15 is 0 Å². The van der Waals surface area contributed by atoms with Gasteiger partial charge in [0.1, 0.15) is 30.0 Å². The van der Waals surface area contributed by atoms with Crippen LogP contribution >= 0.6 is 0 Å². The van der Waals surface area contributed by atoms with E-state index < -0.39 is 61.2 Å². The zero-order valence-electron chi connectivity index (χ0n) is 24.3. The summed E-state index contributed by atoms with van der Waals surface area (Å²) < 4.78 is 33.0. The van der Waals surface area contributed by atoms with Gasteiger partial charge in [0.2, 0.25) is 12.4 Å². The van der Waals surface area contributed by atoms with E-state index in [1.807, 2.05) is 24.3 Å². The normalized spacial score (nSPS) is 21.6. The third kappa shape index (κ3) is 8.01. The molecule has 1 aromatic heterocycles. The maximum Gasteiger partial charge on any atom is 0.303 e. The molecule has 5 atom stereocenters. The minimum absolute atomic E-state index is 0.00350. The molecule has 3 aromatic rings. The van der Waals surface area contributed by atoms with Crippen LogP contribution in [0.3, 0.4) is 0 Å². The van der Waals surface area contributed by atoms with Crippen LogP contribution in [0, 0.1) is 0 Å². The average molecular weight is 610 g/mol. The van der Waals surface area contributed by atoms with Crippen molar-refractivity contribution >= 4 is 46.5 Å². The number of aromatic hydroxyl groups is 1. The predicted octanol–water partition coefficient (Wildman–Crippen LogP) is 3.46. The van der Waals surface area contributed by atoms with Crippen molar-refractivity contribution in [1.29, 1.82) is 0 Å². The Morgan fingerprint density at radius 2 is 1.48 bits per heavy atom. The lowest BCUT2D eigenvalue weighted by molar-refractivity contribution is -0.288. The minimum Gasteiger partial charge on any atom is -0.507 e. The lowest BCUT2D eigenvalue weighted by atomic mass is 9.98. The Morgan fingerprint density at radius 1 is 0.841 bits per heavy atom. The molecule has 0 aliphatic carbocycles. The van der Waals surface area contributed by atoms with E-state index in [0.717, 1.165) is 38.5 Å².